The molecular weight excluding hydrogens is 416 g/mol. The van der Waals surface area contributed by atoms with Gasteiger partial charge in [0.1, 0.15) is 18.1 Å². The molecule has 1 saturated heterocycles. The molecule has 0 bridgehead atoms. The Morgan fingerprint density at radius 3 is 2.21 bits per heavy atom. The Morgan fingerprint density at radius 1 is 0.966 bits per heavy atom. The van der Waals surface area contributed by atoms with Gasteiger partial charge in [-0.05, 0) is 61.4 Å². The number of rotatable bonds is 9. The van der Waals surface area contributed by atoms with Crippen molar-refractivity contribution in [3.8, 4) is 11.5 Å². The number of hydrogen-bond donors (Lipinski definition) is 1. The molecule has 1 aliphatic heterocycles. The predicted octanol–water partition coefficient (Wildman–Crippen LogP) is 2.70. The van der Waals surface area contributed by atoms with Crippen LogP contribution in [0.25, 0.3) is 0 Å². The Hall–Kier alpha value is -2.29. The molecule has 156 valence electrons. The van der Waals surface area contributed by atoms with Crippen LogP contribution in [0.2, 0.25) is 5.02 Å². The molecule has 0 aromatic heterocycles. The number of amides is 1. The molecule has 0 aliphatic carbocycles. The summed E-state index contributed by atoms with van der Waals surface area (Å²) in [6.45, 7) is 1.59. The zero-order valence-electron chi connectivity index (χ0n) is 15.8. The summed E-state index contributed by atoms with van der Waals surface area (Å²) in [4.78, 5) is 12.0. The second kappa shape index (κ2) is 9.96. The maximum Gasteiger partial charge on any atom is 0.258 e. The van der Waals surface area contributed by atoms with Gasteiger partial charge in [0.2, 0.25) is 10.0 Å². The summed E-state index contributed by atoms with van der Waals surface area (Å²) < 4.78 is 37.4. The summed E-state index contributed by atoms with van der Waals surface area (Å²) >= 11 is 5.79. The molecular formula is C20H23ClN2O5S. The molecule has 9 heteroatoms. The van der Waals surface area contributed by atoms with E-state index in [4.69, 9.17) is 21.1 Å². The molecule has 0 radical (unpaired) electrons. The molecule has 0 spiro atoms. The van der Waals surface area contributed by atoms with Crippen LogP contribution in [0.5, 0.6) is 11.5 Å². The molecule has 29 heavy (non-hydrogen) atoms. The molecule has 0 unspecified atom stereocenters. The van der Waals surface area contributed by atoms with Crippen molar-refractivity contribution in [3.05, 3.63) is 53.6 Å². The normalized spacial score (nSPS) is 14.5. The Kier molecular flexibility index (Phi) is 7.35. The van der Waals surface area contributed by atoms with Crippen LogP contribution in [-0.2, 0) is 14.8 Å². The average Bonchev–Trinajstić information content (AvgIpc) is 3.27. The minimum atomic E-state index is -3.42. The second-order valence-corrected chi connectivity index (χ2v) is 8.90. The van der Waals surface area contributed by atoms with Gasteiger partial charge in [0.25, 0.3) is 5.91 Å². The predicted molar refractivity (Wildman–Crippen MR) is 110 cm³/mol. The monoisotopic (exact) mass is 438 g/mol. The lowest BCUT2D eigenvalue weighted by Gasteiger charge is -2.15. The van der Waals surface area contributed by atoms with E-state index in [2.05, 4.69) is 5.32 Å². The fourth-order valence-corrected chi connectivity index (χ4v) is 4.52. The minimum Gasteiger partial charge on any atom is -0.492 e. The summed E-state index contributed by atoms with van der Waals surface area (Å²) in [7, 11) is -3.42. The first kappa shape index (κ1) is 21.4. The van der Waals surface area contributed by atoms with Gasteiger partial charge in [-0.15, -0.1) is 0 Å². The summed E-state index contributed by atoms with van der Waals surface area (Å²) in [5, 5.41) is 3.29. The topological polar surface area (TPSA) is 84.9 Å². The van der Waals surface area contributed by atoms with Crippen molar-refractivity contribution in [3.63, 3.8) is 0 Å². The SMILES string of the molecule is O=C(COc1ccc(Cl)cc1)NCCOc1ccc(S(=O)(=O)N2CCCC2)cc1. The fourth-order valence-electron chi connectivity index (χ4n) is 2.88. The van der Waals surface area contributed by atoms with Gasteiger partial charge in [0.15, 0.2) is 6.61 Å². The summed E-state index contributed by atoms with van der Waals surface area (Å²) in [5.41, 5.74) is 0. The first-order chi connectivity index (χ1) is 13.9. The second-order valence-electron chi connectivity index (χ2n) is 6.52. The van der Waals surface area contributed by atoms with Crippen LogP contribution in [-0.4, -0.2) is 51.5 Å². The lowest BCUT2D eigenvalue weighted by Crippen LogP contribution is -2.32. The van der Waals surface area contributed by atoms with E-state index in [1.165, 1.54) is 4.31 Å². The Balaban J connectivity index is 1.38. The van der Waals surface area contributed by atoms with Gasteiger partial charge in [-0.1, -0.05) is 11.6 Å². The van der Waals surface area contributed by atoms with Crippen LogP contribution in [0.4, 0.5) is 0 Å². The highest BCUT2D eigenvalue weighted by Gasteiger charge is 2.26. The van der Waals surface area contributed by atoms with Gasteiger partial charge in [-0.3, -0.25) is 4.79 Å². The molecule has 1 heterocycles. The summed E-state index contributed by atoms with van der Waals surface area (Å²) in [6.07, 6.45) is 1.80. The third-order valence-corrected chi connectivity index (χ3v) is 6.57. The molecule has 1 amide bonds. The van der Waals surface area contributed by atoms with E-state index in [9.17, 15) is 13.2 Å². The van der Waals surface area contributed by atoms with Crippen LogP contribution >= 0.6 is 11.6 Å². The molecule has 2 aromatic rings. The first-order valence-corrected chi connectivity index (χ1v) is 11.1. The summed E-state index contributed by atoms with van der Waals surface area (Å²) in [5.74, 6) is 0.831. The van der Waals surface area contributed by atoms with E-state index in [0.717, 1.165) is 12.8 Å². The van der Waals surface area contributed by atoms with Crippen molar-refractivity contribution in [2.75, 3.05) is 32.8 Å². The number of sulfonamides is 1. The van der Waals surface area contributed by atoms with Crippen LogP contribution in [0, 0.1) is 0 Å². The molecule has 2 aromatic carbocycles. The highest BCUT2D eigenvalue weighted by Crippen LogP contribution is 2.22. The Morgan fingerprint density at radius 2 is 1.55 bits per heavy atom. The van der Waals surface area contributed by atoms with Gasteiger partial charge in [0.05, 0.1) is 11.4 Å². The Bertz CT molecular complexity index is 911. The number of carbonyl (C=O) groups excluding carboxylic acids is 1. The van der Waals surface area contributed by atoms with Crippen molar-refractivity contribution in [2.45, 2.75) is 17.7 Å². The van der Waals surface area contributed by atoms with Crippen LogP contribution in [0.3, 0.4) is 0 Å². The summed E-state index contributed by atoms with van der Waals surface area (Å²) in [6, 6.07) is 13.1. The number of halogens is 1. The molecule has 0 saturated carbocycles. The largest absolute Gasteiger partial charge is 0.492 e. The lowest BCUT2D eigenvalue weighted by molar-refractivity contribution is -0.123. The van der Waals surface area contributed by atoms with Crippen LogP contribution in [0.15, 0.2) is 53.4 Å². The molecule has 3 rings (SSSR count). The van der Waals surface area contributed by atoms with E-state index >= 15 is 0 Å². The van der Waals surface area contributed by atoms with Gasteiger partial charge in [-0.25, -0.2) is 8.42 Å². The lowest BCUT2D eigenvalue weighted by atomic mass is 10.3. The standard InChI is InChI=1S/C20H23ClN2O5S/c21-16-3-5-18(6-4-16)28-15-20(24)22-11-14-27-17-7-9-19(10-8-17)29(25,26)23-12-1-2-13-23/h3-10H,1-2,11-15H2,(H,22,24). The van der Waals surface area contributed by atoms with E-state index in [0.29, 0.717) is 36.2 Å². The van der Waals surface area contributed by atoms with Crippen molar-refractivity contribution in [1.82, 2.24) is 9.62 Å². The maximum atomic E-state index is 12.5. The fraction of sp³-hybridized carbons (Fsp3) is 0.350. The molecule has 0 atom stereocenters. The van der Waals surface area contributed by atoms with Crippen molar-refractivity contribution in [2.24, 2.45) is 0 Å². The highest BCUT2D eigenvalue weighted by atomic mass is 35.5. The van der Waals surface area contributed by atoms with E-state index in [1.807, 2.05) is 0 Å². The number of benzene rings is 2. The third kappa shape index (κ3) is 6.09. The van der Waals surface area contributed by atoms with Crippen LogP contribution < -0.4 is 14.8 Å². The minimum absolute atomic E-state index is 0.106. The van der Waals surface area contributed by atoms with E-state index in [-0.39, 0.29) is 24.0 Å². The van der Waals surface area contributed by atoms with Crippen molar-refractivity contribution in [1.29, 1.82) is 0 Å². The van der Waals surface area contributed by atoms with E-state index < -0.39 is 10.0 Å². The third-order valence-electron chi connectivity index (χ3n) is 4.40. The first-order valence-electron chi connectivity index (χ1n) is 9.33. The number of carbonyl (C=O) groups is 1. The molecule has 1 fully saturated rings. The van der Waals surface area contributed by atoms with E-state index in [1.54, 1.807) is 48.5 Å². The maximum absolute atomic E-state index is 12.5. The van der Waals surface area contributed by atoms with Gasteiger partial charge < -0.3 is 14.8 Å². The van der Waals surface area contributed by atoms with Gasteiger partial charge in [0, 0.05) is 18.1 Å². The molecule has 1 N–H and O–H groups in total. The molecule has 1 aliphatic rings. The number of nitrogens with zero attached hydrogens (tertiary/aromatic N) is 1. The highest BCUT2D eigenvalue weighted by molar-refractivity contribution is 7.89. The smallest absolute Gasteiger partial charge is 0.258 e. The van der Waals surface area contributed by atoms with Gasteiger partial charge in [-0.2, -0.15) is 4.31 Å². The van der Waals surface area contributed by atoms with Crippen molar-refractivity contribution >= 4 is 27.5 Å². The zero-order valence-corrected chi connectivity index (χ0v) is 17.4. The number of hydrogen-bond acceptors (Lipinski definition) is 5. The van der Waals surface area contributed by atoms with Crippen molar-refractivity contribution < 1.29 is 22.7 Å². The van der Waals surface area contributed by atoms with Crippen LogP contribution in [0.1, 0.15) is 12.8 Å². The van der Waals surface area contributed by atoms with Gasteiger partial charge >= 0.3 is 0 Å². The molecule has 7 nitrogen and oxygen atoms in total. The Labute approximate surface area is 175 Å². The average molecular weight is 439 g/mol. The quantitative estimate of drug-likeness (QED) is 0.608. The number of nitrogens with one attached hydrogen (secondary N) is 1. The zero-order chi connectivity index (χ0) is 20.7. The number of ether oxygens (including phenoxy) is 2.